The van der Waals surface area contributed by atoms with Crippen LogP contribution in [0, 0.1) is 0 Å². The van der Waals surface area contributed by atoms with E-state index in [4.69, 9.17) is 4.74 Å². The van der Waals surface area contributed by atoms with Crippen molar-refractivity contribution in [3.05, 3.63) is 24.3 Å². The average Bonchev–Trinajstić information content (AvgIpc) is 2.59. The number of nitrogens with zero attached hydrogens (tertiary/aromatic N) is 4. The normalized spacial score (nSPS) is 11.2. The number of hydrogen-bond donors (Lipinski definition) is 2. The second kappa shape index (κ2) is 8.52. The maximum atomic E-state index is 12.2. The Labute approximate surface area is 148 Å². The zero-order valence-electron chi connectivity index (χ0n) is 14.5. The van der Waals surface area contributed by atoms with Gasteiger partial charge < -0.3 is 25.0 Å². The fraction of sp³-hybridized carbons (Fsp3) is 0.400. The molecule has 1 aromatic heterocycles. The SMILES string of the molecule is CNc1nc(Nc2ccc(OC(F)(F)F)cc2)nc(N(C)CCOC)n1. The molecule has 2 N–H and O–H groups in total. The monoisotopic (exact) mass is 372 g/mol. The predicted molar refractivity (Wildman–Crippen MR) is 90.9 cm³/mol. The number of aromatic nitrogens is 3. The minimum Gasteiger partial charge on any atom is -0.406 e. The van der Waals surface area contributed by atoms with Gasteiger partial charge in [-0.15, -0.1) is 13.2 Å². The van der Waals surface area contributed by atoms with Gasteiger partial charge in [0.15, 0.2) is 0 Å². The lowest BCUT2D eigenvalue weighted by atomic mass is 10.3. The van der Waals surface area contributed by atoms with Crippen LogP contribution in [0.3, 0.4) is 0 Å². The number of rotatable bonds is 8. The molecule has 142 valence electrons. The van der Waals surface area contributed by atoms with E-state index in [1.807, 2.05) is 0 Å². The molecule has 0 atom stereocenters. The van der Waals surface area contributed by atoms with Crippen molar-refractivity contribution in [3.8, 4) is 5.75 Å². The maximum absolute atomic E-state index is 12.2. The van der Waals surface area contributed by atoms with Crippen LogP contribution >= 0.6 is 0 Å². The van der Waals surface area contributed by atoms with Crippen LogP contribution in [0.5, 0.6) is 5.75 Å². The van der Waals surface area contributed by atoms with Crippen molar-refractivity contribution in [1.29, 1.82) is 0 Å². The summed E-state index contributed by atoms with van der Waals surface area (Å²) in [5.74, 6) is 0.697. The summed E-state index contributed by atoms with van der Waals surface area (Å²) in [5, 5.41) is 5.76. The van der Waals surface area contributed by atoms with Gasteiger partial charge in [0.05, 0.1) is 6.61 Å². The molecule has 1 heterocycles. The van der Waals surface area contributed by atoms with E-state index >= 15 is 0 Å². The number of ether oxygens (including phenoxy) is 2. The largest absolute Gasteiger partial charge is 0.573 e. The van der Waals surface area contributed by atoms with E-state index in [-0.39, 0.29) is 11.7 Å². The van der Waals surface area contributed by atoms with Gasteiger partial charge in [0.2, 0.25) is 17.8 Å². The van der Waals surface area contributed by atoms with E-state index in [1.54, 1.807) is 26.1 Å². The van der Waals surface area contributed by atoms with Crippen molar-refractivity contribution in [3.63, 3.8) is 0 Å². The molecule has 0 amide bonds. The highest BCUT2D eigenvalue weighted by molar-refractivity contribution is 5.56. The van der Waals surface area contributed by atoms with Crippen LogP contribution in [0.4, 0.5) is 36.7 Å². The summed E-state index contributed by atoms with van der Waals surface area (Å²) in [4.78, 5) is 14.5. The van der Waals surface area contributed by atoms with Crippen LogP contribution in [-0.4, -0.2) is 55.7 Å². The van der Waals surface area contributed by atoms with Crippen LogP contribution in [0.2, 0.25) is 0 Å². The number of hydrogen-bond acceptors (Lipinski definition) is 8. The van der Waals surface area contributed by atoms with Crippen LogP contribution in [0.1, 0.15) is 0 Å². The summed E-state index contributed by atoms with van der Waals surface area (Å²) in [6.07, 6.45) is -4.73. The number of alkyl halides is 3. The summed E-state index contributed by atoms with van der Waals surface area (Å²) in [6, 6.07) is 5.25. The third-order valence-corrected chi connectivity index (χ3v) is 3.16. The van der Waals surface area contributed by atoms with Crippen molar-refractivity contribution in [2.24, 2.45) is 0 Å². The van der Waals surface area contributed by atoms with Crippen LogP contribution in [0.25, 0.3) is 0 Å². The average molecular weight is 372 g/mol. The lowest BCUT2D eigenvalue weighted by molar-refractivity contribution is -0.274. The molecule has 0 aliphatic carbocycles. The first-order chi connectivity index (χ1) is 12.3. The molecule has 0 bridgehead atoms. The molecule has 0 radical (unpaired) electrons. The van der Waals surface area contributed by atoms with Crippen molar-refractivity contribution < 1.29 is 22.6 Å². The standard InChI is InChI=1S/C15H19F3N6O2/c1-19-12-21-13(23-14(22-12)24(2)8-9-25-3)20-10-4-6-11(7-5-10)26-15(16,17)18/h4-7H,8-9H2,1-3H3,(H2,19,20,21,22,23). The van der Waals surface area contributed by atoms with E-state index in [0.29, 0.717) is 30.7 Å². The van der Waals surface area contributed by atoms with E-state index in [1.165, 1.54) is 24.3 Å². The summed E-state index contributed by atoms with van der Waals surface area (Å²) in [5.41, 5.74) is 0.498. The highest BCUT2D eigenvalue weighted by Gasteiger charge is 2.30. The highest BCUT2D eigenvalue weighted by atomic mass is 19.4. The van der Waals surface area contributed by atoms with Gasteiger partial charge in [0, 0.05) is 33.4 Å². The number of methoxy groups -OCH3 is 1. The molecule has 0 aliphatic heterocycles. The number of likely N-dealkylation sites (N-methyl/N-ethyl adjacent to an activating group) is 1. The smallest absolute Gasteiger partial charge is 0.406 e. The van der Waals surface area contributed by atoms with E-state index < -0.39 is 6.36 Å². The fourth-order valence-electron chi connectivity index (χ4n) is 1.90. The van der Waals surface area contributed by atoms with Crippen LogP contribution in [0.15, 0.2) is 24.3 Å². The predicted octanol–water partition coefficient (Wildman–Crippen LogP) is 2.64. The molecule has 0 spiro atoms. The highest BCUT2D eigenvalue weighted by Crippen LogP contribution is 2.25. The molecule has 0 unspecified atom stereocenters. The molecule has 1 aromatic carbocycles. The van der Waals surface area contributed by atoms with E-state index in [9.17, 15) is 13.2 Å². The Kier molecular flexibility index (Phi) is 6.39. The molecule has 2 aromatic rings. The van der Waals surface area contributed by atoms with Gasteiger partial charge in [-0.05, 0) is 24.3 Å². The lowest BCUT2D eigenvalue weighted by Crippen LogP contribution is -2.25. The summed E-state index contributed by atoms with van der Waals surface area (Å²) in [7, 11) is 5.07. The molecular formula is C15H19F3N6O2. The molecule has 11 heteroatoms. The minimum atomic E-state index is -4.73. The van der Waals surface area contributed by atoms with Gasteiger partial charge in [-0.2, -0.15) is 15.0 Å². The third kappa shape index (κ3) is 5.92. The maximum Gasteiger partial charge on any atom is 0.573 e. The lowest BCUT2D eigenvalue weighted by Gasteiger charge is -2.18. The van der Waals surface area contributed by atoms with Gasteiger partial charge in [0.25, 0.3) is 0 Å². The van der Waals surface area contributed by atoms with Crippen molar-refractivity contribution in [2.75, 3.05) is 49.9 Å². The number of halogens is 3. The first-order valence-corrected chi connectivity index (χ1v) is 7.57. The van der Waals surface area contributed by atoms with E-state index in [2.05, 4.69) is 30.3 Å². The van der Waals surface area contributed by atoms with Crippen LogP contribution in [-0.2, 0) is 4.74 Å². The topological polar surface area (TPSA) is 84.4 Å². The van der Waals surface area contributed by atoms with Gasteiger partial charge >= 0.3 is 6.36 Å². The zero-order chi connectivity index (χ0) is 19.2. The number of benzene rings is 1. The molecular weight excluding hydrogens is 353 g/mol. The quantitative estimate of drug-likeness (QED) is 0.732. The first kappa shape index (κ1) is 19.5. The van der Waals surface area contributed by atoms with Gasteiger partial charge in [-0.3, -0.25) is 0 Å². The third-order valence-electron chi connectivity index (χ3n) is 3.16. The van der Waals surface area contributed by atoms with Gasteiger partial charge in [-0.1, -0.05) is 0 Å². The van der Waals surface area contributed by atoms with Crippen molar-refractivity contribution in [2.45, 2.75) is 6.36 Å². The Morgan fingerprint density at radius 3 is 2.31 bits per heavy atom. The Hall–Kier alpha value is -2.82. The van der Waals surface area contributed by atoms with Crippen LogP contribution < -0.4 is 20.3 Å². The molecule has 26 heavy (non-hydrogen) atoms. The fourth-order valence-corrected chi connectivity index (χ4v) is 1.90. The van der Waals surface area contributed by atoms with Crippen molar-refractivity contribution >= 4 is 23.5 Å². The zero-order valence-corrected chi connectivity index (χ0v) is 14.5. The molecule has 0 saturated heterocycles. The molecule has 0 saturated carbocycles. The molecule has 2 rings (SSSR count). The second-order valence-electron chi connectivity index (χ2n) is 5.14. The van der Waals surface area contributed by atoms with Crippen molar-refractivity contribution in [1.82, 2.24) is 15.0 Å². The Balaban J connectivity index is 2.15. The summed E-state index contributed by atoms with van der Waals surface area (Å²) < 4.78 is 45.4. The Morgan fingerprint density at radius 1 is 1.08 bits per heavy atom. The Morgan fingerprint density at radius 2 is 1.73 bits per heavy atom. The molecule has 0 aliphatic rings. The van der Waals surface area contributed by atoms with E-state index in [0.717, 1.165) is 0 Å². The summed E-state index contributed by atoms with van der Waals surface area (Å²) >= 11 is 0. The van der Waals surface area contributed by atoms with Gasteiger partial charge in [-0.25, -0.2) is 0 Å². The Bertz CT molecular complexity index is 712. The number of anilines is 4. The second-order valence-corrected chi connectivity index (χ2v) is 5.14. The molecule has 8 nitrogen and oxygen atoms in total. The van der Waals surface area contributed by atoms with Gasteiger partial charge in [0.1, 0.15) is 5.75 Å². The number of nitrogens with one attached hydrogen (secondary N) is 2. The minimum absolute atomic E-state index is 0.244. The summed E-state index contributed by atoms with van der Waals surface area (Å²) in [6.45, 7) is 1.08. The first-order valence-electron chi connectivity index (χ1n) is 7.57. The molecule has 0 fully saturated rings.